The maximum atomic E-state index is 12.0. The first-order chi connectivity index (χ1) is 16.0. The van der Waals surface area contributed by atoms with Crippen molar-refractivity contribution in [2.24, 2.45) is 5.92 Å². The lowest BCUT2D eigenvalue weighted by Crippen LogP contribution is -2.55. The molecule has 0 saturated carbocycles. The van der Waals surface area contributed by atoms with Gasteiger partial charge in [0.05, 0.1) is 0 Å². The topological polar surface area (TPSA) is 93.9 Å². The number of nitrogens with one attached hydrogen (secondary N) is 2. The number of hydrogen-bond donors (Lipinski definition) is 3. The molecule has 0 spiro atoms. The van der Waals surface area contributed by atoms with E-state index in [4.69, 9.17) is 5.73 Å². The molecule has 0 radical (unpaired) electrons. The van der Waals surface area contributed by atoms with E-state index in [1.54, 1.807) is 0 Å². The van der Waals surface area contributed by atoms with Crippen molar-refractivity contribution in [2.45, 2.75) is 18.9 Å². The Hall–Kier alpha value is -3.26. The smallest absolute Gasteiger partial charge is 0.249 e. The van der Waals surface area contributed by atoms with Crippen LogP contribution in [0.4, 0.5) is 22.7 Å². The van der Waals surface area contributed by atoms with Gasteiger partial charge < -0.3 is 20.9 Å². The van der Waals surface area contributed by atoms with Gasteiger partial charge in [-0.05, 0) is 48.9 Å². The first-order valence-corrected chi connectivity index (χ1v) is 11.8. The fourth-order valence-corrected chi connectivity index (χ4v) is 4.96. The summed E-state index contributed by atoms with van der Waals surface area (Å²) in [6.45, 7) is 7.48. The van der Waals surface area contributed by atoms with Crippen molar-refractivity contribution in [1.29, 1.82) is 0 Å². The molecule has 1 atom stereocenters. The average Bonchev–Trinajstić information content (AvgIpc) is 2.79. The average molecular weight is 449 g/mol. The Morgan fingerprint density at radius 3 is 2.42 bits per heavy atom. The highest BCUT2D eigenvalue weighted by atomic mass is 16.2. The van der Waals surface area contributed by atoms with E-state index >= 15 is 0 Å². The minimum absolute atomic E-state index is 0.190. The molecule has 8 heteroatoms. The zero-order valence-corrected chi connectivity index (χ0v) is 18.9. The van der Waals surface area contributed by atoms with E-state index in [1.807, 2.05) is 24.3 Å². The predicted octanol–water partition coefficient (Wildman–Crippen LogP) is 1.74. The van der Waals surface area contributed by atoms with E-state index in [0.29, 0.717) is 12.8 Å². The number of piperidine rings is 1. The van der Waals surface area contributed by atoms with Gasteiger partial charge in [0.1, 0.15) is 6.04 Å². The van der Waals surface area contributed by atoms with Crippen molar-refractivity contribution >= 4 is 34.6 Å². The van der Waals surface area contributed by atoms with E-state index in [-0.39, 0.29) is 17.9 Å². The summed E-state index contributed by atoms with van der Waals surface area (Å²) in [5, 5.41) is 5.70. The van der Waals surface area contributed by atoms with Crippen molar-refractivity contribution in [2.75, 3.05) is 66.7 Å². The van der Waals surface area contributed by atoms with Crippen LogP contribution in [0.5, 0.6) is 0 Å². The molecule has 5 rings (SSSR count). The number of imide groups is 1. The van der Waals surface area contributed by atoms with Crippen LogP contribution in [0.1, 0.15) is 12.8 Å². The third kappa shape index (κ3) is 5.06. The normalized spacial score (nSPS) is 22.1. The maximum absolute atomic E-state index is 12.0. The lowest BCUT2D eigenvalue weighted by atomic mass is 9.98. The van der Waals surface area contributed by atoms with Crippen LogP contribution in [-0.2, 0) is 9.59 Å². The second-order valence-corrected chi connectivity index (χ2v) is 9.35. The van der Waals surface area contributed by atoms with Gasteiger partial charge in [-0.15, -0.1) is 0 Å². The largest absolute Gasteiger partial charge is 0.399 e. The highest BCUT2D eigenvalue weighted by Crippen LogP contribution is 2.27. The van der Waals surface area contributed by atoms with Gasteiger partial charge in [-0.1, -0.05) is 6.07 Å². The van der Waals surface area contributed by atoms with Gasteiger partial charge in [-0.3, -0.25) is 19.8 Å². The van der Waals surface area contributed by atoms with Crippen LogP contribution in [0, 0.1) is 5.92 Å². The number of piperazine rings is 1. The Balaban J connectivity index is 1.08. The summed E-state index contributed by atoms with van der Waals surface area (Å²) in [5.74, 6) is 0.288. The van der Waals surface area contributed by atoms with Gasteiger partial charge in [0.2, 0.25) is 11.8 Å². The molecule has 3 aliphatic heterocycles. The highest BCUT2D eigenvalue weighted by Gasteiger charge is 2.30. The molecular formula is C25H32N6O2. The van der Waals surface area contributed by atoms with E-state index in [1.165, 1.54) is 11.4 Å². The van der Waals surface area contributed by atoms with Crippen LogP contribution in [0.3, 0.4) is 0 Å². The summed E-state index contributed by atoms with van der Waals surface area (Å²) < 4.78 is 0. The molecule has 0 bridgehead atoms. The first kappa shape index (κ1) is 21.6. The molecular weight excluding hydrogens is 416 g/mol. The number of carbonyl (C=O) groups excluding carboxylic acids is 2. The van der Waals surface area contributed by atoms with Gasteiger partial charge in [0.25, 0.3) is 0 Å². The van der Waals surface area contributed by atoms with Crippen LogP contribution in [0.15, 0.2) is 48.5 Å². The van der Waals surface area contributed by atoms with Crippen molar-refractivity contribution in [3.8, 4) is 0 Å². The van der Waals surface area contributed by atoms with Crippen molar-refractivity contribution < 1.29 is 9.59 Å². The maximum Gasteiger partial charge on any atom is 0.249 e. The number of amides is 2. The van der Waals surface area contributed by atoms with Crippen molar-refractivity contribution in [1.82, 2.24) is 10.2 Å². The fraction of sp³-hybridized carbons (Fsp3) is 0.440. The minimum atomic E-state index is -0.356. The molecule has 3 aliphatic rings. The Kier molecular flexibility index (Phi) is 6.09. The van der Waals surface area contributed by atoms with Gasteiger partial charge in [-0.2, -0.15) is 0 Å². The number of nitrogens with two attached hydrogens (primary N) is 1. The van der Waals surface area contributed by atoms with Crippen LogP contribution in [-0.4, -0.2) is 68.6 Å². The molecule has 4 N–H and O–H groups in total. The van der Waals surface area contributed by atoms with E-state index in [9.17, 15) is 9.59 Å². The number of carbonyl (C=O) groups is 2. The van der Waals surface area contributed by atoms with Gasteiger partial charge in [0, 0.05) is 80.9 Å². The minimum Gasteiger partial charge on any atom is -0.399 e. The zero-order valence-electron chi connectivity index (χ0n) is 18.9. The molecule has 0 aromatic heterocycles. The van der Waals surface area contributed by atoms with E-state index < -0.39 is 0 Å². The number of benzene rings is 2. The van der Waals surface area contributed by atoms with Crippen LogP contribution in [0.25, 0.3) is 0 Å². The molecule has 3 heterocycles. The van der Waals surface area contributed by atoms with Crippen LogP contribution < -0.4 is 26.2 Å². The number of hydrogen-bond acceptors (Lipinski definition) is 7. The summed E-state index contributed by atoms with van der Waals surface area (Å²) in [6.07, 6.45) is 0.911. The molecule has 174 valence electrons. The molecule has 2 aromatic carbocycles. The second kappa shape index (κ2) is 9.31. The first-order valence-electron chi connectivity index (χ1n) is 11.8. The SMILES string of the molecule is Nc1ccc(N2CC(CN3CCN(c4cccc(NC5CCC(=O)NC5=O)c4)CC3)C2)cc1. The van der Waals surface area contributed by atoms with Gasteiger partial charge >= 0.3 is 0 Å². The lowest BCUT2D eigenvalue weighted by Gasteiger charge is -2.45. The van der Waals surface area contributed by atoms with E-state index in [2.05, 4.69) is 49.6 Å². The van der Waals surface area contributed by atoms with Gasteiger partial charge in [0.15, 0.2) is 0 Å². The number of anilines is 4. The van der Waals surface area contributed by atoms with Crippen LogP contribution >= 0.6 is 0 Å². The zero-order chi connectivity index (χ0) is 22.8. The quantitative estimate of drug-likeness (QED) is 0.458. The Morgan fingerprint density at radius 1 is 0.939 bits per heavy atom. The number of nitrogen functional groups attached to an aromatic ring is 1. The van der Waals surface area contributed by atoms with Crippen molar-refractivity contribution in [3.63, 3.8) is 0 Å². The second-order valence-electron chi connectivity index (χ2n) is 9.35. The molecule has 8 nitrogen and oxygen atoms in total. The monoisotopic (exact) mass is 448 g/mol. The van der Waals surface area contributed by atoms with Crippen LogP contribution in [0.2, 0.25) is 0 Å². The molecule has 2 aromatic rings. The number of rotatable bonds is 6. The standard InChI is InChI=1S/C25H32N6O2/c26-19-4-6-21(7-5-19)31-16-18(17-31)15-29-10-12-30(13-11-29)22-3-1-2-20(14-22)27-23-8-9-24(32)28-25(23)33/h1-7,14,18,23,27H,8-13,15-17,26H2,(H,28,32,33). The Bertz CT molecular complexity index is 996. The molecule has 0 aliphatic carbocycles. The van der Waals surface area contributed by atoms with Crippen molar-refractivity contribution in [3.05, 3.63) is 48.5 Å². The molecule has 1 unspecified atom stereocenters. The third-order valence-electron chi connectivity index (χ3n) is 6.90. The summed E-state index contributed by atoms with van der Waals surface area (Å²) in [5.41, 5.74) is 9.95. The van der Waals surface area contributed by atoms with Gasteiger partial charge in [-0.25, -0.2) is 0 Å². The third-order valence-corrected chi connectivity index (χ3v) is 6.90. The predicted molar refractivity (Wildman–Crippen MR) is 131 cm³/mol. The van der Waals surface area contributed by atoms with E-state index in [0.717, 1.165) is 63.1 Å². The number of nitrogens with zero attached hydrogens (tertiary/aromatic N) is 3. The summed E-state index contributed by atoms with van der Waals surface area (Å²) >= 11 is 0. The fourth-order valence-electron chi connectivity index (χ4n) is 4.96. The molecule has 3 fully saturated rings. The summed E-state index contributed by atoms with van der Waals surface area (Å²) in [6, 6.07) is 16.0. The Labute approximate surface area is 194 Å². The summed E-state index contributed by atoms with van der Waals surface area (Å²) in [7, 11) is 0. The Morgan fingerprint density at radius 2 is 1.70 bits per heavy atom. The lowest BCUT2D eigenvalue weighted by molar-refractivity contribution is -0.133. The molecule has 3 saturated heterocycles. The molecule has 33 heavy (non-hydrogen) atoms. The highest BCUT2D eigenvalue weighted by molar-refractivity contribution is 6.01. The summed E-state index contributed by atoms with van der Waals surface area (Å²) in [4.78, 5) is 30.8. The molecule has 2 amide bonds.